The van der Waals surface area contributed by atoms with Crippen molar-refractivity contribution in [3.8, 4) is 0 Å². The van der Waals surface area contributed by atoms with E-state index >= 15 is 0 Å². The van der Waals surface area contributed by atoms with Crippen molar-refractivity contribution in [3.63, 3.8) is 0 Å². The molecule has 0 radical (unpaired) electrons. The third-order valence-electron chi connectivity index (χ3n) is 3.10. The standard InChI is InChI=1S/C13H13NO4/c1-13(8-7-12(15)18-13)11(9-14(16)17)10-5-3-2-4-6-10/h2-8,11H,9H2,1H3/t11-,13+/m1/s1. The van der Waals surface area contributed by atoms with Gasteiger partial charge in [-0.15, -0.1) is 0 Å². The maximum absolute atomic E-state index is 11.2. The van der Waals surface area contributed by atoms with Crippen molar-refractivity contribution >= 4 is 5.97 Å². The van der Waals surface area contributed by atoms with Crippen LogP contribution in [-0.4, -0.2) is 23.0 Å². The molecular weight excluding hydrogens is 234 g/mol. The van der Waals surface area contributed by atoms with E-state index in [1.165, 1.54) is 6.08 Å². The monoisotopic (exact) mass is 247 g/mol. The zero-order chi connectivity index (χ0) is 13.2. The van der Waals surface area contributed by atoms with E-state index in [1.807, 2.05) is 18.2 Å². The van der Waals surface area contributed by atoms with Crippen molar-refractivity contribution in [2.24, 2.45) is 0 Å². The number of carbonyl (C=O) groups is 1. The quantitative estimate of drug-likeness (QED) is 0.463. The number of rotatable bonds is 4. The minimum absolute atomic E-state index is 0.280. The molecule has 0 aliphatic carbocycles. The van der Waals surface area contributed by atoms with Crippen LogP contribution >= 0.6 is 0 Å². The van der Waals surface area contributed by atoms with E-state index < -0.39 is 17.5 Å². The van der Waals surface area contributed by atoms with E-state index in [9.17, 15) is 14.9 Å². The summed E-state index contributed by atoms with van der Waals surface area (Å²) in [4.78, 5) is 21.6. The second-order valence-corrected chi connectivity index (χ2v) is 4.42. The highest BCUT2D eigenvalue weighted by atomic mass is 16.6. The molecular formula is C13H13NO4. The Morgan fingerprint density at radius 2 is 2.06 bits per heavy atom. The number of carbonyl (C=O) groups excluding carboxylic acids is 1. The summed E-state index contributed by atoms with van der Waals surface area (Å²) in [7, 11) is 0. The van der Waals surface area contributed by atoms with Crippen LogP contribution in [0.25, 0.3) is 0 Å². The Morgan fingerprint density at radius 1 is 1.39 bits per heavy atom. The summed E-state index contributed by atoms with van der Waals surface area (Å²) in [6.45, 7) is 1.41. The Hall–Kier alpha value is -2.17. The number of nitrogens with zero attached hydrogens (tertiary/aromatic N) is 1. The molecule has 0 spiro atoms. The van der Waals surface area contributed by atoms with Gasteiger partial charge in [0.25, 0.3) is 0 Å². The van der Waals surface area contributed by atoms with Gasteiger partial charge in [-0.25, -0.2) is 4.79 Å². The molecule has 0 saturated heterocycles. The Bertz CT molecular complexity index is 497. The van der Waals surface area contributed by atoms with Crippen molar-refractivity contribution < 1.29 is 14.5 Å². The van der Waals surface area contributed by atoms with Crippen LogP contribution in [0.1, 0.15) is 18.4 Å². The van der Waals surface area contributed by atoms with Crippen LogP contribution in [0, 0.1) is 10.1 Å². The molecule has 0 N–H and O–H groups in total. The first-order valence-electron chi connectivity index (χ1n) is 5.60. The van der Waals surface area contributed by atoms with E-state index in [4.69, 9.17) is 4.74 Å². The fourth-order valence-electron chi connectivity index (χ4n) is 2.16. The molecule has 1 aliphatic heterocycles. The molecule has 1 aliphatic rings. The van der Waals surface area contributed by atoms with Gasteiger partial charge in [0.2, 0.25) is 6.54 Å². The van der Waals surface area contributed by atoms with Crippen molar-refractivity contribution in [2.75, 3.05) is 6.54 Å². The molecule has 0 saturated carbocycles. The van der Waals surface area contributed by atoms with E-state index in [1.54, 1.807) is 25.1 Å². The number of esters is 1. The number of hydrogen-bond donors (Lipinski definition) is 0. The van der Waals surface area contributed by atoms with Gasteiger partial charge in [-0.1, -0.05) is 30.3 Å². The Kier molecular flexibility index (Phi) is 3.14. The van der Waals surface area contributed by atoms with Crippen LogP contribution in [0.5, 0.6) is 0 Å². The molecule has 0 bridgehead atoms. The normalized spacial score (nSPS) is 23.7. The molecule has 2 rings (SSSR count). The summed E-state index contributed by atoms with van der Waals surface area (Å²) >= 11 is 0. The lowest BCUT2D eigenvalue weighted by Crippen LogP contribution is -2.36. The van der Waals surface area contributed by atoms with Gasteiger partial charge >= 0.3 is 5.97 Å². The second-order valence-electron chi connectivity index (χ2n) is 4.42. The minimum atomic E-state index is -0.953. The lowest BCUT2D eigenvalue weighted by atomic mass is 9.83. The Balaban J connectivity index is 2.35. The van der Waals surface area contributed by atoms with Crippen molar-refractivity contribution in [1.82, 2.24) is 0 Å². The molecule has 5 nitrogen and oxygen atoms in total. The summed E-state index contributed by atoms with van der Waals surface area (Å²) in [5.41, 5.74) is -0.165. The third-order valence-corrected chi connectivity index (χ3v) is 3.10. The molecule has 1 aromatic carbocycles. The maximum atomic E-state index is 11.2. The van der Waals surface area contributed by atoms with Crippen LogP contribution < -0.4 is 0 Å². The summed E-state index contributed by atoms with van der Waals surface area (Å²) in [6, 6.07) is 9.07. The van der Waals surface area contributed by atoms with Crippen molar-refractivity contribution in [3.05, 3.63) is 58.2 Å². The molecule has 1 aromatic rings. The van der Waals surface area contributed by atoms with Crippen LogP contribution in [-0.2, 0) is 9.53 Å². The van der Waals surface area contributed by atoms with Gasteiger partial charge in [0.1, 0.15) is 5.60 Å². The number of ether oxygens (including phenoxy) is 1. The average Bonchev–Trinajstić information content (AvgIpc) is 2.68. The van der Waals surface area contributed by atoms with Gasteiger partial charge in [-0.2, -0.15) is 0 Å². The lowest BCUT2D eigenvalue weighted by Gasteiger charge is -2.29. The molecule has 18 heavy (non-hydrogen) atoms. The predicted molar refractivity (Wildman–Crippen MR) is 64.7 cm³/mol. The largest absolute Gasteiger partial charge is 0.451 e. The summed E-state index contributed by atoms with van der Waals surface area (Å²) < 4.78 is 5.21. The summed E-state index contributed by atoms with van der Waals surface area (Å²) in [6.07, 6.45) is 2.91. The van der Waals surface area contributed by atoms with E-state index in [0.29, 0.717) is 0 Å². The Morgan fingerprint density at radius 3 is 2.56 bits per heavy atom. The van der Waals surface area contributed by atoms with Crippen molar-refractivity contribution in [2.45, 2.75) is 18.4 Å². The van der Waals surface area contributed by atoms with E-state index in [0.717, 1.165) is 5.56 Å². The molecule has 94 valence electrons. The zero-order valence-corrected chi connectivity index (χ0v) is 9.91. The lowest BCUT2D eigenvalue weighted by molar-refractivity contribution is -0.486. The smallest absolute Gasteiger partial charge is 0.331 e. The van der Waals surface area contributed by atoms with Crippen LogP contribution in [0.15, 0.2) is 42.5 Å². The third kappa shape index (κ3) is 2.40. The zero-order valence-electron chi connectivity index (χ0n) is 9.91. The Labute approximate surface area is 104 Å². The topological polar surface area (TPSA) is 69.4 Å². The highest BCUT2D eigenvalue weighted by molar-refractivity contribution is 5.85. The van der Waals surface area contributed by atoms with Gasteiger partial charge in [-0.05, 0) is 18.6 Å². The maximum Gasteiger partial charge on any atom is 0.331 e. The highest BCUT2D eigenvalue weighted by Crippen LogP contribution is 2.35. The molecule has 0 fully saturated rings. The summed E-state index contributed by atoms with van der Waals surface area (Å²) in [5.74, 6) is -0.946. The first kappa shape index (κ1) is 12.3. The van der Waals surface area contributed by atoms with Crippen LogP contribution in [0.3, 0.4) is 0 Å². The SMILES string of the molecule is C[C@@]1([C@H](C[N+](=O)[O-])c2ccccc2)C=CC(=O)O1. The minimum Gasteiger partial charge on any atom is -0.451 e. The molecule has 0 aromatic heterocycles. The first-order valence-corrected chi connectivity index (χ1v) is 5.60. The molecule has 0 amide bonds. The van der Waals surface area contributed by atoms with E-state index in [2.05, 4.69) is 0 Å². The van der Waals surface area contributed by atoms with E-state index in [-0.39, 0.29) is 11.5 Å². The van der Waals surface area contributed by atoms with Gasteiger partial charge in [0.15, 0.2) is 0 Å². The van der Waals surface area contributed by atoms with Gasteiger partial charge in [0, 0.05) is 11.0 Å². The fourth-order valence-corrected chi connectivity index (χ4v) is 2.16. The number of benzene rings is 1. The molecule has 1 heterocycles. The number of cyclic esters (lactones) is 1. The number of nitro groups is 1. The second kappa shape index (κ2) is 4.60. The first-order chi connectivity index (χ1) is 8.51. The number of hydrogen-bond acceptors (Lipinski definition) is 4. The van der Waals surface area contributed by atoms with Crippen LogP contribution in [0.4, 0.5) is 0 Å². The fraction of sp³-hybridized carbons (Fsp3) is 0.308. The van der Waals surface area contributed by atoms with Crippen molar-refractivity contribution in [1.29, 1.82) is 0 Å². The summed E-state index contributed by atoms with van der Waals surface area (Å²) in [5, 5.41) is 10.8. The highest BCUT2D eigenvalue weighted by Gasteiger charge is 2.42. The predicted octanol–water partition coefficient (Wildman–Crippen LogP) is 1.92. The molecule has 2 atom stereocenters. The van der Waals surface area contributed by atoms with Gasteiger partial charge < -0.3 is 4.74 Å². The molecule has 0 unspecified atom stereocenters. The van der Waals surface area contributed by atoms with Gasteiger partial charge in [-0.3, -0.25) is 10.1 Å². The van der Waals surface area contributed by atoms with Gasteiger partial charge in [0.05, 0.1) is 5.92 Å². The van der Waals surface area contributed by atoms with Crippen LogP contribution in [0.2, 0.25) is 0 Å². The molecule has 5 heteroatoms. The average molecular weight is 247 g/mol.